The molecule has 0 spiro atoms. The number of hydrogen-bond donors (Lipinski definition) is 2. The van der Waals surface area contributed by atoms with Gasteiger partial charge in [0, 0.05) is 22.7 Å². The summed E-state index contributed by atoms with van der Waals surface area (Å²) in [5.74, 6) is -0.445. The lowest BCUT2D eigenvalue weighted by molar-refractivity contribution is -0.924. The fourth-order valence-electron chi connectivity index (χ4n) is 3.38. The summed E-state index contributed by atoms with van der Waals surface area (Å²) in [6.45, 7) is 2.65. The van der Waals surface area contributed by atoms with Gasteiger partial charge in [0.05, 0.1) is 7.11 Å². The average Bonchev–Trinajstić information content (AvgIpc) is 2.64. The molecule has 0 radical (unpaired) electrons. The molecule has 0 fully saturated rings. The van der Waals surface area contributed by atoms with Crippen molar-refractivity contribution in [1.82, 2.24) is 0 Å². The third-order valence-electron chi connectivity index (χ3n) is 4.87. The molecule has 1 amide bonds. The number of fused-ring (bicyclic) bond motifs is 1. The number of benzene rings is 2. The minimum absolute atomic E-state index is 0.154. The van der Waals surface area contributed by atoms with Crippen LogP contribution in [0.3, 0.4) is 0 Å². The standard InChI is InChI=1S/C20H21ClN2O3/c1-13-16(21)8-5-9-17(13)22-19(24)12-23-11-15-7-4-3-6-14(15)10-18(23)20(25)26-2/h3-9,18H,10-12H2,1-2H3,(H,22,24)/p+1/t18-/m1/s1. The van der Waals surface area contributed by atoms with Crippen LogP contribution in [0, 0.1) is 6.92 Å². The second-order valence-corrected chi connectivity index (χ2v) is 6.93. The van der Waals surface area contributed by atoms with Crippen molar-refractivity contribution >= 4 is 29.2 Å². The van der Waals surface area contributed by atoms with Crippen molar-refractivity contribution in [3.63, 3.8) is 0 Å². The minimum Gasteiger partial charge on any atom is -0.465 e. The first-order valence-electron chi connectivity index (χ1n) is 8.53. The van der Waals surface area contributed by atoms with Crippen molar-refractivity contribution in [2.24, 2.45) is 0 Å². The maximum absolute atomic E-state index is 12.6. The second kappa shape index (κ2) is 7.89. The van der Waals surface area contributed by atoms with Crippen LogP contribution in [0.4, 0.5) is 5.69 Å². The van der Waals surface area contributed by atoms with Gasteiger partial charge in [-0.3, -0.25) is 4.79 Å². The number of ether oxygens (including phenoxy) is 1. The number of rotatable bonds is 4. The summed E-state index contributed by atoms with van der Waals surface area (Å²) in [4.78, 5) is 25.7. The molecule has 3 rings (SSSR count). The average molecular weight is 374 g/mol. The van der Waals surface area contributed by atoms with E-state index in [1.807, 2.05) is 37.3 Å². The van der Waals surface area contributed by atoms with E-state index in [-0.39, 0.29) is 24.5 Å². The highest BCUT2D eigenvalue weighted by Gasteiger charge is 2.37. The predicted octanol–water partition coefficient (Wildman–Crippen LogP) is 1.77. The van der Waals surface area contributed by atoms with Gasteiger partial charge in [-0.05, 0) is 30.2 Å². The van der Waals surface area contributed by atoms with Gasteiger partial charge in [0.2, 0.25) is 0 Å². The number of esters is 1. The Kier molecular flexibility index (Phi) is 5.59. The molecule has 2 N–H and O–H groups in total. The molecule has 136 valence electrons. The van der Waals surface area contributed by atoms with Crippen molar-refractivity contribution in [2.75, 3.05) is 19.0 Å². The number of carbonyl (C=O) groups is 2. The normalized spacial score (nSPS) is 18.7. The van der Waals surface area contributed by atoms with Gasteiger partial charge in [0.1, 0.15) is 6.54 Å². The third kappa shape index (κ3) is 3.89. The fraction of sp³-hybridized carbons (Fsp3) is 0.300. The first-order valence-corrected chi connectivity index (χ1v) is 8.91. The van der Waals surface area contributed by atoms with E-state index >= 15 is 0 Å². The van der Waals surface area contributed by atoms with Crippen LogP contribution in [0.25, 0.3) is 0 Å². The van der Waals surface area contributed by atoms with E-state index in [2.05, 4.69) is 5.32 Å². The molecular weight excluding hydrogens is 352 g/mol. The molecule has 0 saturated heterocycles. The fourth-order valence-corrected chi connectivity index (χ4v) is 3.56. The molecule has 6 heteroatoms. The zero-order valence-corrected chi connectivity index (χ0v) is 15.6. The van der Waals surface area contributed by atoms with Crippen LogP contribution in [0.1, 0.15) is 16.7 Å². The van der Waals surface area contributed by atoms with Crippen LogP contribution in [0.2, 0.25) is 5.02 Å². The molecule has 5 nitrogen and oxygen atoms in total. The van der Waals surface area contributed by atoms with Gasteiger partial charge in [-0.25, -0.2) is 4.79 Å². The van der Waals surface area contributed by atoms with E-state index in [0.717, 1.165) is 21.6 Å². The number of methoxy groups -OCH3 is 1. The van der Waals surface area contributed by atoms with Crippen molar-refractivity contribution < 1.29 is 19.2 Å². The summed E-state index contributed by atoms with van der Waals surface area (Å²) in [5, 5.41) is 3.51. The highest BCUT2D eigenvalue weighted by Crippen LogP contribution is 2.22. The van der Waals surface area contributed by atoms with Crippen molar-refractivity contribution in [2.45, 2.75) is 25.9 Å². The minimum atomic E-state index is -0.388. The van der Waals surface area contributed by atoms with E-state index in [1.54, 1.807) is 12.1 Å². The molecule has 0 aliphatic carbocycles. The first kappa shape index (κ1) is 18.4. The number of amides is 1. The molecular formula is C20H22ClN2O3+. The summed E-state index contributed by atoms with van der Waals surface area (Å²) < 4.78 is 4.96. The summed E-state index contributed by atoms with van der Waals surface area (Å²) in [6.07, 6.45) is 0.571. The maximum Gasteiger partial charge on any atom is 0.365 e. The monoisotopic (exact) mass is 373 g/mol. The summed E-state index contributed by atoms with van der Waals surface area (Å²) in [6, 6.07) is 13.0. The Bertz CT molecular complexity index is 838. The first-order chi connectivity index (χ1) is 12.5. The highest BCUT2D eigenvalue weighted by atomic mass is 35.5. The van der Waals surface area contributed by atoms with Crippen molar-refractivity contribution in [3.8, 4) is 0 Å². The molecule has 26 heavy (non-hydrogen) atoms. The zero-order chi connectivity index (χ0) is 18.7. The van der Waals surface area contributed by atoms with Crippen LogP contribution in [0.5, 0.6) is 0 Å². The maximum atomic E-state index is 12.6. The Morgan fingerprint density at radius 2 is 1.92 bits per heavy atom. The highest BCUT2D eigenvalue weighted by molar-refractivity contribution is 6.31. The molecule has 2 aromatic rings. The second-order valence-electron chi connectivity index (χ2n) is 6.52. The Morgan fingerprint density at radius 3 is 2.65 bits per heavy atom. The van der Waals surface area contributed by atoms with Gasteiger partial charge in [0.15, 0.2) is 12.6 Å². The number of hydrogen-bond acceptors (Lipinski definition) is 3. The molecule has 1 aliphatic rings. The van der Waals surface area contributed by atoms with Crippen LogP contribution < -0.4 is 10.2 Å². The lowest BCUT2D eigenvalue weighted by Gasteiger charge is -2.31. The molecule has 0 aromatic heterocycles. The van der Waals surface area contributed by atoms with Crippen LogP contribution >= 0.6 is 11.6 Å². The molecule has 0 saturated carbocycles. The Labute approximate surface area is 157 Å². The Hall–Kier alpha value is -2.37. The smallest absolute Gasteiger partial charge is 0.365 e. The molecule has 1 aliphatic heterocycles. The van der Waals surface area contributed by atoms with Crippen LogP contribution in [-0.2, 0) is 27.3 Å². The van der Waals surface area contributed by atoms with Crippen LogP contribution in [0.15, 0.2) is 42.5 Å². The van der Waals surface area contributed by atoms with Gasteiger partial charge >= 0.3 is 5.97 Å². The van der Waals surface area contributed by atoms with E-state index in [9.17, 15) is 9.59 Å². The van der Waals surface area contributed by atoms with Gasteiger partial charge in [0.25, 0.3) is 5.91 Å². The van der Waals surface area contributed by atoms with E-state index in [0.29, 0.717) is 23.7 Å². The number of quaternary nitrogens is 1. The van der Waals surface area contributed by atoms with Crippen molar-refractivity contribution in [3.05, 3.63) is 64.2 Å². The van der Waals surface area contributed by atoms with Crippen molar-refractivity contribution in [1.29, 1.82) is 0 Å². The lowest BCUT2D eigenvalue weighted by atomic mass is 9.94. The van der Waals surface area contributed by atoms with E-state index in [4.69, 9.17) is 16.3 Å². The van der Waals surface area contributed by atoms with Crippen LogP contribution in [-0.4, -0.2) is 31.6 Å². The number of nitrogens with one attached hydrogen (secondary N) is 2. The van der Waals surface area contributed by atoms with E-state index in [1.165, 1.54) is 7.11 Å². The topological polar surface area (TPSA) is 59.8 Å². The molecule has 1 unspecified atom stereocenters. The summed E-state index contributed by atoms with van der Waals surface area (Å²) >= 11 is 6.11. The Morgan fingerprint density at radius 1 is 1.19 bits per heavy atom. The molecule has 2 atom stereocenters. The zero-order valence-electron chi connectivity index (χ0n) is 14.8. The summed E-state index contributed by atoms with van der Waals surface area (Å²) in [7, 11) is 1.38. The SMILES string of the molecule is COC(=O)[C@H]1Cc2ccccc2C[NH+]1CC(=O)Nc1cccc(Cl)c1C. The molecule has 0 bridgehead atoms. The largest absolute Gasteiger partial charge is 0.465 e. The third-order valence-corrected chi connectivity index (χ3v) is 5.28. The predicted molar refractivity (Wildman–Crippen MR) is 100 cm³/mol. The van der Waals surface area contributed by atoms with Gasteiger partial charge in [-0.2, -0.15) is 0 Å². The summed E-state index contributed by atoms with van der Waals surface area (Å²) in [5.41, 5.74) is 3.81. The quantitative estimate of drug-likeness (QED) is 0.803. The number of anilines is 1. The van der Waals surface area contributed by atoms with Gasteiger partial charge in [-0.1, -0.05) is 41.9 Å². The molecule has 1 heterocycles. The number of carbonyl (C=O) groups excluding carboxylic acids is 2. The number of halogens is 1. The van der Waals surface area contributed by atoms with Gasteiger partial charge in [-0.15, -0.1) is 0 Å². The van der Waals surface area contributed by atoms with Gasteiger partial charge < -0.3 is 15.0 Å². The van der Waals surface area contributed by atoms with E-state index < -0.39 is 0 Å². The molecule has 2 aromatic carbocycles. The lowest BCUT2D eigenvalue weighted by Crippen LogP contribution is -3.17. The Balaban J connectivity index is 1.76.